The minimum absolute atomic E-state index is 0.136. The first-order chi connectivity index (χ1) is 13.4. The van der Waals surface area contributed by atoms with E-state index < -0.39 is 5.97 Å². The third kappa shape index (κ3) is 4.14. The Bertz CT molecular complexity index is 861. The van der Waals surface area contributed by atoms with E-state index in [4.69, 9.17) is 9.47 Å². The molecule has 1 aliphatic heterocycles. The first kappa shape index (κ1) is 20.2. The van der Waals surface area contributed by atoms with Gasteiger partial charge < -0.3 is 19.8 Å². The standard InChI is InChI=1S/C21H29N3O4/c1-5-28-21(26)19-18(16-11-15(27-4)8-9-17(16)22-19)23-20(25)14(3)24-10-6-7-13(2)12-24/h8-9,11,13-14,22H,5-7,10,12H2,1-4H3,(H,23,25)/t13-,14+/m0/s1. The lowest BCUT2D eigenvalue weighted by Crippen LogP contribution is -2.46. The smallest absolute Gasteiger partial charge is 0.356 e. The van der Waals surface area contributed by atoms with Crippen LogP contribution in [0.3, 0.4) is 0 Å². The maximum absolute atomic E-state index is 13.0. The van der Waals surface area contributed by atoms with E-state index in [1.54, 1.807) is 26.2 Å². The van der Waals surface area contributed by atoms with Gasteiger partial charge in [-0.25, -0.2) is 4.79 Å². The van der Waals surface area contributed by atoms with Crippen LogP contribution in [-0.4, -0.2) is 54.6 Å². The molecule has 2 heterocycles. The van der Waals surface area contributed by atoms with Crippen LogP contribution in [0.25, 0.3) is 10.9 Å². The van der Waals surface area contributed by atoms with E-state index >= 15 is 0 Å². The van der Waals surface area contributed by atoms with Crippen LogP contribution >= 0.6 is 0 Å². The molecule has 152 valence electrons. The van der Waals surface area contributed by atoms with Crippen molar-refractivity contribution >= 4 is 28.5 Å². The average Bonchev–Trinajstić information content (AvgIpc) is 3.05. The number of H-pyrrole nitrogens is 1. The number of hydrogen-bond acceptors (Lipinski definition) is 5. The number of rotatable bonds is 6. The number of hydrogen-bond donors (Lipinski definition) is 2. The second-order valence-electron chi connectivity index (χ2n) is 7.41. The molecule has 3 rings (SSSR count). The summed E-state index contributed by atoms with van der Waals surface area (Å²) in [5.74, 6) is 0.599. The number of methoxy groups -OCH3 is 1. The molecule has 1 aromatic carbocycles. The summed E-state index contributed by atoms with van der Waals surface area (Å²) in [5, 5.41) is 3.69. The lowest BCUT2D eigenvalue weighted by atomic mass is 9.99. The van der Waals surface area contributed by atoms with Crippen molar-refractivity contribution in [1.29, 1.82) is 0 Å². The number of anilines is 1. The van der Waals surface area contributed by atoms with Gasteiger partial charge in [0.05, 0.1) is 25.4 Å². The molecule has 2 N–H and O–H groups in total. The predicted octanol–water partition coefficient (Wildman–Crippen LogP) is 3.41. The summed E-state index contributed by atoms with van der Waals surface area (Å²) in [4.78, 5) is 30.7. The van der Waals surface area contributed by atoms with Crippen molar-refractivity contribution in [3.05, 3.63) is 23.9 Å². The van der Waals surface area contributed by atoms with Crippen LogP contribution in [-0.2, 0) is 9.53 Å². The minimum atomic E-state index is -0.493. The summed E-state index contributed by atoms with van der Waals surface area (Å²) < 4.78 is 10.5. The zero-order valence-electron chi connectivity index (χ0n) is 17.0. The van der Waals surface area contributed by atoms with Crippen LogP contribution in [0.5, 0.6) is 5.75 Å². The third-order valence-corrected chi connectivity index (χ3v) is 5.35. The number of amides is 1. The molecule has 0 spiro atoms. The maximum atomic E-state index is 13.0. The number of carbonyl (C=O) groups is 2. The Labute approximate surface area is 165 Å². The van der Waals surface area contributed by atoms with Crippen molar-refractivity contribution in [2.45, 2.75) is 39.7 Å². The third-order valence-electron chi connectivity index (χ3n) is 5.35. The number of piperidine rings is 1. The van der Waals surface area contributed by atoms with Gasteiger partial charge in [0.25, 0.3) is 0 Å². The zero-order chi connectivity index (χ0) is 20.3. The largest absolute Gasteiger partial charge is 0.497 e. The molecule has 0 saturated carbocycles. The first-order valence-electron chi connectivity index (χ1n) is 9.86. The monoisotopic (exact) mass is 387 g/mol. The molecule has 7 nitrogen and oxygen atoms in total. The number of nitrogens with one attached hydrogen (secondary N) is 2. The van der Waals surface area contributed by atoms with Crippen LogP contribution in [0.2, 0.25) is 0 Å². The van der Waals surface area contributed by atoms with Gasteiger partial charge in [0.2, 0.25) is 5.91 Å². The van der Waals surface area contributed by atoms with E-state index in [0.717, 1.165) is 30.4 Å². The zero-order valence-corrected chi connectivity index (χ0v) is 17.0. The summed E-state index contributed by atoms with van der Waals surface area (Å²) >= 11 is 0. The molecule has 0 bridgehead atoms. The number of aromatic amines is 1. The van der Waals surface area contributed by atoms with Crippen LogP contribution in [0.1, 0.15) is 44.1 Å². The maximum Gasteiger partial charge on any atom is 0.356 e. The molecule has 7 heteroatoms. The number of esters is 1. The van der Waals surface area contributed by atoms with Crippen LogP contribution in [0.15, 0.2) is 18.2 Å². The van der Waals surface area contributed by atoms with Crippen molar-refractivity contribution in [2.24, 2.45) is 5.92 Å². The van der Waals surface area contributed by atoms with Gasteiger partial charge in [-0.15, -0.1) is 0 Å². The van der Waals surface area contributed by atoms with Gasteiger partial charge in [-0.2, -0.15) is 0 Å². The number of benzene rings is 1. The summed E-state index contributed by atoms with van der Waals surface area (Å²) in [6, 6.07) is 5.14. The van der Waals surface area contributed by atoms with Gasteiger partial charge in [-0.1, -0.05) is 6.92 Å². The Morgan fingerprint density at radius 3 is 2.86 bits per heavy atom. The summed E-state index contributed by atoms with van der Waals surface area (Å²) in [6.07, 6.45) is 2.29. The van der Waals surface area contributed by atoms with Crippen molar-refractivity contribution < 1.29 is 19.1 Å². The molecule has 1 aliphatic rings. The van der Waals surface area contributed by atoms with Crippen LogP contribution in [0, 0.1) is 5.92 Å². The summed E-state index contributed by atoms with van der Waals surface area (Å²) in [5.41, 5.74) is 1.42. The van der Waals surface area contributed by atoms with Crippen LogP contribution in [0.4, 0.5) is 5.69 Å². The molecule has 0 radical (unpaired) electrons. The Hall–Kier alpha value is -2.54. The van der Waals surface area contributed by atoms with E-state index in [1.807, 2.05) is 13.0 Å². The second-order valence-corrected chi connectivity index (χ2v) is 7.41. The molecule has 1 aromatic heterocycles. The molecule has 28 heavy (non-hydrogen) atoms. The van der Waals surface area contributed by atoms with E-state index in [-0.39, 0.29) is 24.2 Å². The number of nitrogens with zero attached hydrogens (tertiary/aromatic N) is 1. The minimum Gasteiger partial charge on any atom is -0.497 e. The fraction of sp³-hybridized carbons (Fsp3) is 0.524. The highest BCUT2D eigenvalue weighted by atomic mass is 16.5. The Kier molecular flexibility index (Phi) is 6.24. The molecular formula is C21H29N3O4. The lowest BCUT2D eigenvalue weighted by molar-refractivity contribution is -0.121. The molecule has 0 unspecified atom stereocenters. The van der Waals surface area contributed by atoms with Gasteiger partial charge >= 0.3 is 5.97 Å². The van der Waals surface area contributed by atoms with Crippen molar-refractivity contribution in [2.75, 3.05) is 32.1 Å². The van der Waals surface area contributed by atoms with Gasteiger partial charge in [0, 0.05) is 17.4 Å². The number of ether oxygens (including phenoxy) is 2. The van der Waals surface area contributed by atoms with E-state index in [2.05, 4.69) is 22.1 Å². The van der Waals surface area contributed by atoms with Crippen molar-refractivity contribution in [3.8, 4) is 5.75 Å². The Morgan fingerprint density at radius 1 is 1.39 bits per heavy atom. The van der Waals surface area contributed by atoms with Crippen LogP contribution < -0.4 is 10.1 Å². The van der Waals surface area contributed by atoms with Gasteiger partial charge in [-0.05, 0) is 57.4 Å². The highest BCUT2D eigenvalue weighted by Gasteiger charge is 2.28. The predicted molar refractivity (Wildman–Crippen MR) is 109 cm³/mol. The quantitative estimate of drug-likeness (QED) is 0.742. The summed E-state index contributed by atoms with van der Waals surface area (Å²) in [6.45, 7) is 7.94. The first-order valence-corrected chi connectivity index (χ1v) is 9.86. The highest BCUT2D eigenvalue weighted by Crippen LogP contribution is 2.32. The topological polar surface area (TPSA) is 83.7 Å². The Morgan fingerprint density at radius 2 is 2.18 bits per heavy atom. The van der Waals surface area contributed by atoms with E-state index in [0.29, 0.717) is 17.4 Å². The van der Waals surface area contributed by atoms with E-state index in [1.165, 1.54) is 6.42 Å². The SMILES string of the molecule is CCOC(=O)c1[nH]c2ccc(OC)cc2c1NC(=O)[C@@H](C)N1CCC[C@H](C)C1. The van der Waals surface area contributed by atoms with Gasteiger partial charge in [0.1, 0.15) is 11.4 Å². The Balaban J connectivity index is 1.91. The fourth-order valence-corrected chi connectivity index (χ4v) is 3.76. The number of fused-ring (bicyclic) bond motifs is 1. The van der Waals surface area contributed by atoms with E-state index in [9.17, 15) is 9.59 Å². The molecular weight excluding hydrogens is 358 g/mol. The van der Waals surface area contributed by atoms with Gasteiger partial charge in [0.15, 0.2) is 0 Å². The molecule has 1 amide bonds. The molecule has 2 atom stereocenters. The number of likely N-dealkylation sites (tertiary alicyclic amines) is 1. The highest BCUT2D eigenvalue weighted by molar-refractivity contribution is 6.12. The molecule has 2 aromatic rings. The summed E-state index contributed by atoms with van der Waals surface area (Å²) in [7, 11) is 1.58. The number of carbonyl (C=O) groups excluding carboxylic acids is 2. The molecule has 1 saturated heterocycles. The normalized spacial score (nSPS) is 18.6. The fourth-order valence-electron chi connectivity index (χ4n) is 3.76. The average molecular weight is 387 g/mol. The van der Waals surface area contributed by atoms with Gasteiger partial charge in [-0.3, -0.25) is 9.69 Å². The second kappa shape index (κ2) is 8.65. The van der Waals surface area contributed by atoms with Crippen molar-refractivity contribution in [3.63, 3.8) is 0 Å². The molecule has 0 aliphatic carbocycles. The van der Waals surface area contributed by atoms with Crippen molar-refractivity contribution in [1.82, 2.24) is 9.88 Å². The lowest BCUT2D eigenvalue weighted by Gasteiger charge is -2.34. The number of aromatic nitrogens is 1. The molecule has 1 fully saturated rings.